The summed E-state index contributed by atoms with van der Waals surface area (Å²) in [4.78, 5) is 12.8. The van der Waals surface area contributed by atoms with Crippen LogP contribution in [-0.4, -0.2) is 26.1 Å². The van der Waals surface area contributed by atoms with Crippen molar-refractivity contribution in [2.45, 2.75) is 27.0 Å². The summed E-state index contributed by atoms with van der Waals surface area (Å²) in [6.45, 7) is 5.79. The van der Waals surface area contributed by atoms with E-state index in [9.17, 15) is 0 Å². The molecule has 5 nitrogen and oxygen atoms in total. The van der Waals surface area contributed by atoms with Gasteiger partial charge in [0.05, 0.1) is 0 Å². The number of rotatable bonds is 5. The van der Waals surface area contributed by atoms with Gasteiger partial charge in [-0.2, -0.15) is 0 Å². The second kappa shape index (κ2) is 5.93. The van der Waals surface area contributed by atoms with Crippen LogP contribution in [0.2, 0.25) is 5.15 Å². The molecule has 0 amide bonds. The largest absolute Gasteiger partial charge is 0.374 e. The quantitative estimate of drug-likeness (QED) is 0.781. The van der Waals surface area contributed by atoms with E-state index in [-0.39, 0.29) is 0 Å². The number of imidazole rings is 1. The number of halogens is 1. The van der Waals surface area contributed by atoms with Crippen molar-refractivity contribution >= 4 is 11.6 Å². The Balaban J connectivity index is 2.35. The third kappa shape index (κ3) is 2.86. The minimum Gasteiger partial charge on any atom is -0.374 e. The van der Waals surface area contributed by atoms with Crippen LogP contribution in [-0.2, 0) is 17.9 Å². The van der Waals surface area contributed by atoms with Crippen LogP contribution in [0.3, 0.4) is 0 Å². The van der Waals surface area contributed by atoms with Gasteiger partial charge in [-0.25, -0.2) is 15.0 Å². The number of aromatic nitrogens is 4. The van der Waals surface area contributed by atoms with Crippen molar-refractivity contribution in [1.82, 2.24) is 19.5 Å². The minimum atomic E-state index is 0.358. The van der Waals surface area contributed by atoms with Crippen LogP contribution in [0.5, 0.6) is 0 Å². The topological polar surface area (TPSA) is 52.8 Å². The van der Waals surface area contributed by atoms with Crippen molar-refractivity contribution in [3.8, 4) is 11.5 Å². The van der Waals surface area contributed by atoms with Gasteiger partial charge in [-0.1, -0.05) is 11.6 Å². The Kier molecular flexibility index (Phi) is 4.28. The molecule has 0 aromatic carbocycles. The molecule has 0 N–H and O–H groups in total. The zero-order valence-corrected chi connectivity index (χ0v) is 11.2. The lowest BCUT2D eigenvalue weighted by molar-refractivity contribution is 0.128. The lowest BCUT2D eigenvalue weighted by Gasteiger charge is -2.06. The molecule has 0 saturated heterocycles. The molecule has 6 heteroatoms. The fourth-order valence-corrected chi connectivity index (χ4v) is 1.84. The highest BCUT2D eigenvalue weighted by molar-refractivity contribution is 6.29. The maximum absolute atomic E-state index is 6.00. The molecule has 18 heavy (non-hydrogen) atoms. The fraction of sp³-hybridized carbons (Fsp3) is 0.417. The van der Waals surface area contributed by atoms with Gasteiger partial charge in [0.15, 0.2) is 11.6 Å². The van der Waals surface area contributed by atoms with Gasteiger partial charge in [0.1, 0.15) is 17.5 Å². The maximum atomic E-state index is 6.00. The van der Waals surface area contributed by atoms with Crippen LogP contribution in [0.1, 0.15) is 19.7 Å². The summed E-state index contributed by atoms with van der Waals surface area (Å²) in [5.74, 6) is 1.37. The van der Waals surface area contributed by atoms with Crippen LogP contribution in [0, 0.1) is 0 Å². The Labute approximate surface area is 111 Å². The summed E-state index contributed by atoms with van der Waals surface area (Å²) >= 11 is 6.00. The first kappa shape index (κ1) is 13.0. The van der Waals surface area contributed by atoms with E-state index in [0.29, 0.717) is 24.2 Å². The van der Waals surface area contributed by atoms with Gasteiger partial charge in [0.2, 0.25) is 0 Å². The molecule has 0 atom stereocenters. The number of aryl methyl sites for hydroxylation is 1. The molecule has 0 aliphatic heterocycles. The van der Waals surface area contributed by atoms with Crippen LogP contribution < -0.4 is 0 Å². The van der Waals surface area contributed by atoms with Crippen molar-refractivity contribution in [2.24, 2.45) is 0 Å². The van der Waals surface area contributed by atoms with Crippen molar-refractivity contribution in [3.05, 3.63) is 29.4 Å². The fourth-order valence-electron chi connectivity index (χ4n) is 1.63. The molecule has 0 aliphatic rings. The maximum Gasteiger partial charge on any atom is 0.158 e. The molecule has 96 valence electrons. The monoisotopic (exact) mass is 266 g/mol. The van der Waals surface area contributed by atoms with Gasteiger partial charge in [-0.15, -0.1) is 0 Å². The first-order valence-electron chi connectivity index (χ1n) is 5.87. The summed E-state index contributed by atoms with van der Waals surface area (Å²) in [6.07, 6.45) is 3.66. The Bertz CT molecular complexity index is 527. The van der Waals surface area contributed by atoms with E-state index in [1.54, 1.807) is 12.3 Å². The van der Waals surface area contributed by atoms with Crippen molar-refractivity contribution in [3.63, 3.8) is 0 Å². The van der Waals surface area contributed by atoms with E-state index in [1.807, 2.05) is 17.7 Å². The molecule has 0 saturated carbocycles. The van der Waals surface area contributed by atoms with Crippen LogP contribution in [0.4, 0.5) is 0 Å². The number of hydrogen-bond donors (Lipinski definition) is 0. The highest BCUT2D eigenvalue weighted by Crippen LogP contribution is 2.18. The van der Waals surface area contributed by atoms with Gasteiger partial charge < -0.3 is 9.30 Å². The number of nitrogens with zero attached hydrogens (tertiary/aromatic N) is 4. The zero-order chi connectivity index (χ0) is 13.0. The third-order valence-electron chi connectivity index (χ3n) is 2.46. The summed E-state index contributed by atoms with van der Waals surface area (Å²) in [5.41, 5.74) is 0.719. The van der Waals surface area contributed by atoms with Gasteiger partial charge >= 0.3 is 0 Å². The van der Waals surface area contributed by atoms with Crippen LogP contribution >= 0.6 is 11.6 Å². The summed E-state index contributed by atoms with van der Waals surface area (Å²) in [7, 11) is 0. The smallest absolute Gasteiger partial charge is 0.158 e. The first-order chi connectivity index (χ1) is 8.74. The molecule has 0 fully saturated rings. The van der Waals surface area contributed by atoms with Gasteiger partial charge in [-0.3, -0.25) is 0 Å². The van der Waals surface area contributed by atoms with Gasteiger partial charge in [-0.05, 0) is 13.8 Å². The van der Waals surface area contributed by atoms with E-state index in [1.165, 1.54) is 0 Å². The van der Waals surface area contributed by atoms with Crippen molar-refractivity contribution in [2.75, 3.05) is 6.61 Å². The molecule has 0 radical (unpaired) electrons. The Hall–Kier alpha value is -1.46. The molecule has 2 aromatic rings. The minimum absolute atomic E-state index is 0.358. The average molecular weight is 267 g/mol. The van der Waals surface area contributed by atoms with E-state index in [4.69, 9.17) is 16.3 Å². The van der Waals surface area contributed by atoms with E-state index >= 15 is 0 Å². The third-order valence-corrected chi connectivity index (χ3v) is 2.66. The molecule has 2 aromatic heterocycles. The molecule has 0 bridgehead atoms. The number of ether oxygens (including phenoxy) is 1. The lowest BCUT2D eigenvalue weighted by atomic mass is 10.3. The van der Waals surface area contributed by atoms with E-state index in [2.05, 4.69) is 21.9 Å². The molecule has 0 aliphatic carbocycles. The molecule has 0 unspecified atom stereocenters. The second-order valence-electron chi connectivity index (χ2n) is 3.67. The predicted octanol–water partition coefficient (Wildman–Crippen LogP) is 2.55. The number of hydrogen-bond acceptors (Lipinski definition) is 4. The van der Waals surface area contributed by atoms with Crippen LogP contribution in [0.15, 0.2) is 18.5 Å². The lowest BCUT2D eigenvalue weighted by Crippen LogP contribution is -2.03. The van der Waals surface area contributed by atoms with Crippen LogP contribution in [0.25, 0.3) is 11.5 Å². The molecule has 0 spiro atoms. The Morgan fingerprint density at radius 2 is 2.17 bits per heavy atom. The summed E-state index contributed by atoms with van der Waals surface area (Å²) < 4.78 is 7.30. The Morgan fingerprint density at radius 3 is 2.89 bits per heavy atom. The Morgan fingerprint density at radius 1 is 1.33 bits per heavy atom. The normalized spacial score (nSPS) is 10.8. The first-order valence-corrected chi connectivity index (χ1v) is 6.25. The predicted molar refractivity (Wildman–Crippen MR) is 69.3 cm³/mol. The molecular formula is C12H15ClN4O. The van der Waals surface area contributed by atoms with Gasteiger partial charge in [0, 0.05) is 31.6 Å². The highest BCUT2D eigenvalue weighted by Gasteiger charge is 2.10. The molecule has 2 heterocycles. The van der Waals surface area contributed by atoms with Crippen molar-refractivity contribution in [1.29, 1.82) is 0 Å². The SMILES string of the molecule is CCOCc1nc(Cl)cc(-c2nccn2CC)n1. The zero-order valence-electron chi connectivity index (χ0n) is 10.4. The molecule has 2 rings (SSSR count). The van der Waals surface area contributed by atoms with E-state index < -0.39 is 0 Å². The average Bonchev–Trinajstić information content (AvgIpc) is 2.84. The highest BCUT2D eigenvalue weighted by atomic mass is 35.5. The van der Waals surface area contributed by atoms with Crippen molar-refractivity contribution < 1.29 is 4.74 Å². The van der Waals surface area contributed by atoms with E-state index in [0.717, 1.165) is 18.1 Å². The summed E-state index contributed by atoms with van der Waals surface area (Å²) in [5, 5.41) is 0.403. The summed E-state index contributed by atoms with van der Waals surface area (Å²) in [6, 6.07) is 1.71. The second-order valence-corrected chi connectivity index (χ2v) is 4.05. The molecular weight excluding hydrogens is 252 g/mol. The standard InChI is InChI=1S/C12H15ClN4O/c1-3-17-6-5-14-12(17)9-7-10(13)16-11(15-9)8-18-4-2/h5-7H,3-4,8H2,1-2H3. The van der Waals surface area contributed by atoms with Gasteiger partial charge in [0.25, 0.3) is 0 Å².